The summed E-state index contributed by atoms with van der Waals surface area (Å²) in [7, 11) is 2.04. The number of nitrogens with zero attached hydrogens (tertiary/aromatic N) is 2. The first kappa shape index (κ1) is 21.7. The van der Waals surface area contributed by atoms with E-state index in [0.29, 0.717) is 25.3 Å². The quantitative estimate of drug-likeness (QED) is 0.685. The van der Waals surface area contributed by atoms with Crippen molar-refractivity contribution in [1.29, 1.82) is 0 Å². The number of anilines is 1. The fourth-order valence-electron chi connectivity index (χ4n) is 4.05. The zero-order valence-corrected chi connectivity index (χ0v) is 17.4. The van der Waals surface area contributed by atoms with E-state index in [-0.39, 0.29) is 30.8 Å². The van der Waals surface area contributed by atoms with Gasteiger partial charge in [0, 0.05) is 38.8 Å². The zero-order valence-electron chi connectivity index (χ0n) is 17.4. The predicted molar refractivity (Wildman–Crippen MR) is 117 cm³/mol. The summed E-state index contributed by atoms with van der Waals surface area (Å²) in [6.45, 7) is 1.98. The Morgan fingerprint density at radius 2 is 1.73 bits per heavy atom. The molecule has 6 nitrogen and oxygen atoms in total. The molecule has 30 heavy (non-hydrogen) atoms. The molecular formula is C24H30N2O4. The molecule has 160 valence electrons. The van der Waals surface area contributed by atoms with Crippen LogP contribution in [0.2, 0.25) is 0 Å². The topological polar surface area (TPSA) is 70.1 Å². The molecule has 2 aromatic rings. The molecule has 0 bridgehead atoms. The Bertz CT molecular complexity index is 812. The SMILES string of the molecule is CN(CCC1CN(C(=O)COc2ccccc2)CCC1CC(=O)O)c1ccccc1. The van der Waals surface area contributed by atoms with Crippen molar-refractivity contribution in [3.8, 4) is 5.75 Å². The average molecular weight is 411 g/mol. The molecule has 1 aliphatic rings. The van der Waals surface area contributed by atoms with Gasteiger partial charge in [-0.25, -0.2) is 0 Å². The number of piperidine rings is 1. The Balaban J connectivity index is 1.57. The molecule has 1 fully saturated rings. The molecule has 0 spiro atoms. The summed E-state index contributed by atoms with van der Waals surface area (Å²) < 4.78 is 5.61. The van der Waals surface area contributed by atoms with Crippen LogP contribution in [0.4, 0.5) is 5.69 Å². The van der Waals surface area contributed by atoms with Crippen LogP contribution in [-0.4, -0.2) is 55.2 Å². The van der Waals surface area contributed by atoms with E-state index in [2.05, 4.69) is 17.0 Å². The Labute approximate surface area is 178 Å². The summed E-state index contributed by atoms with van der Waals surface area (Å²) in [6, 6.07) is 19.4. The number of carboxylic acids is 1. The van der Waals surface area contributed by atoms with Gasteiger partial charge in [0.05, 0.1) is 0 Å². The maximum absolute atomic E-state index is 12.7. The lowest BCUT2D eigenvalue weighted by Gasteiger charge is -2.39. The van der Waals surface area contributed by atoms with E-state index in [1.807, 2.05) is 60.5 Å². The van der Waals surface area contributed by atoms with Crippen LogP contribution in [0.25, 0.3) is 0 Å². The molecule has 0 saturated carbocycles. The van der Waals surface area contributed by atoms with Crippen molar-refractivity contribution in [2.75, 3.05) is 38.2 Å². The highest BCUT2D eigenvalue weighted by Crippen LogP contribution is 2.30. The van der Waals surface area contributed by atoms with Gasteiger partial charge in [-0.1, -0.05) is 36.4 Å². The summed E-state index contributed by atoms with van der Waals surface area (Å²) in [5.74, 6) is 0.0998. The third-order valence-electron chi connectivity index (χ3n) is 5.82. The molecule has 1 N–H and O–H groups in total. The Morgan fingerprint density at radius 3 is 2.40 bits per heavy atom. The molecule has 6 heteroatoms. The van der Waals surface area contributed by atoms with Crippen molar-refractivity contribution in [1.82, 2.24) is 4.90 Å². The second-order valence-electron chi connectivity index (χ2n) is 7.89. The average Bonchev–Trinajstić information content (AvgIpc) is 2.77. The van der Waals surface area contributed by atoms with Crippen LogP contribution in [0, 0.1) is 11.8 Å². The first-order valence-electron chi connectivity index (χ1n) is 10.5. The maximum atomic E-state index is 12.7. The molecule has 0 radical (unpaired) electrons. The lowest BCUT2D eigenvalue weighted by atomic mass is 9.81. The second-order valence-corrected chi connectivity index (χ2v) is 7.89. The summed E-state index contributed by atoms with van der Waals surface area (Å²) in [6.07, 6.45) is 1.71. The van der Waals surface area contributed by atoms with E-state index in [1.54, 1.807) is 0 Å². The van der Waals surface area contributed by atoms with Gasteiger partial charge in [0.15, 0.2) is 6.61 Å². The summed E-state index contributed by atoms with van der Waals surface area (Å²) in [4.78, 5) is 28.0. The van der Waals surface area contributed by atoms with E-state index in [0.717, 1.165) is 18.7 Å². The van der Waals surface area contributed by atoms with Crippen molar-refractivity contribution in [3.63, 3.8) is 0 Å². The predicted octanol–water partition coefficient (Wildman–Crippen LogP) is 3.53. The number of ether oxygens (including phenoxy) is 1. The second kappa shape index (κ2) is 10.7. The molecule has 1 saturated heterocycles. The standard InChI is InChI=1S/C24H30N2O4/c1-25(21-8-4-2-5-9-21)14-12-20-17-26(15-13-19(20)16-24(28)29)23(27)18-30-22-10-6-3-7-11-22/h2-11,19-20H,12-18H2,1H3,(H,28,29). The van der Waals surface area contributed by atoms with Gasteiger partial charge in [0.25, 0.3) is 5.91 Å². The number of benzene rings is 2. The van der Waals surface area contributed by atoms with E-state index in [9.17, 15) is 14.7 Å². The van der Waals surface area contributed by atoms with Gasteiger partial charge in [-0.3, -0.25) is 9.59 Å². The fraction of sp³-hybridized carbons (Fsp3) is 0.417. The van der Waals surface area contributed by atoms with E-state index in [1.165, 1.54) is 0 Å². The number of amides is 1. The Hall–Kier alpha value is -3.02. The van der Waals surface area contributed by atoms with Crippen LogP contribution < -0.4 is 9.64 Å². The molecule has 1 heterocycles. The highest BCUT2D eigenvalue weighted by atomic mass is 16.5. The van der Waals surface area contributed by atoms with Gasteiger partial charge < -0.3 is 19.6 Å². The van der Waals surface area contributed by atoms with Gasteiger partial charge in [0.1, 0.15) is 5.75 Å². The van der Waals surface area contributed by atoms with Crippen molar-refractivity contribution >= 4 is 17.6 Å². The van der Waals surface area contributed by atoms with Gasteiger partial charge in [-0.2, -0.15) is 0 Å². The number of carbonyl (C=O) groups excluding carboxylic acids is 1. The lowest BCUT2D eigenvalue weighted by molar-refractivity contribution is -0.140. The van der Waals surface area contributed by atoms with Gasteiger partial charge in [-0.15, -0.1) is 0 Å². The minimum absolute atomic E-state index is 0.00421. The highest BCUT2D eigenvalue weighted by molar-refractivity contribution is 5.78. The molecule has 0 aliphatic carbocycles. The normalized spacial score (nSPS) is 18.6. The fourth-order valence-corrected chi connectivity index (χ4v) is 4.05. The number of carboxylic acid groups (broad SMARTS) is 1. The van der Waals surface area contributed by atoms with Crippen LogP contribution in [0.1, 0.15) is 19.3 Å². The highest BCUT2D eigenvalue weighted by Gasteiger charge is 2.32. The third kappa shape index (κ3) is 6.24. The number of para-hydroxylation sites is 2. The number of rotatable bonds is 9. The number of hydrogen-bond acceptors (Lipinski definition) is 4. The van der Waals surface area contributed by atoms with Crippen LogP contribution in [0.5, 0.6) is 5.75 Å². The first-order valence-corrected chi connectivity index (χ1v) is 10.5. The van der Waals surface area contributed by atoms with Crippen molar-refractivity contribution < 1.29 is 19.4 Å². The maximum Gasteiger partial charge on any atom is 0.303 e. The Morgan fingerprint density at radius 1 is 1.07 bits per heavy atom. The monoisotopic (exact) mass is 410 g/mol. The van der Waals surface area contributed by atoms with Crippen molar-refractivity contribution in [2.45, 2.75) is 19.3 Å². The first-order chi connectivity index (χ1) is 14.5. The van der Waals surface area contributed by atoms with Crippen molar-refractivity contribution in [3.05, 3.63) is 60.7 Å². The minimum Gasteiger partial charge on any atom is -0.484 e. The summed E-state index contributed by atoms with van der Waals surface area (Å²) >= 11 is 0. The minimum atomic E-state index is -0.770. The number of likely N-dealkylation sites (tertiary alicyclic amines) is 1. The number of carbonyl (C=O) groups is 2. The van der Waals surface area contributed by atoms with Gasteiger partial charge in [0.2, 0.25) is 0 Å². The van der Waals surface area contributed by atoms with Crippen LogP contribution >= 0.6 is 0 Å². The van der Waals surface area contributed by atoms with Gasteiger partial charge in [-0.05, 0) is 48.9 Å². The lowest BCUT2D eigenvalue weighted by Crippen LogP contribution is -2.46. The molecule has 2 unspecified atom stereocenters. The molecule has 1 amide bonds. The Kier molecular flexibility index (Phi) is 7.71. The van der Waals surface area contributed by atoms with Crippen molar-refractivity contribution in [2.24, 2.45) is 11.8 Å². The molecule has 3 rings (SSSR count). The number of aliphatic carboxylic acids is 1. The molecular weight excluding hydrogens is 380 g/mol. The van der Waals surface area contributed by atoms with Crippen LogP contribution in [-0.2, 0) is 9.59 Å². The smallest absolute Gasteiger partial charge is 0.303 e. The van der Waals surface area contributed by atoms with E-state index in [4.69, 9.17) is 4.74 Å². The zero-order chi connectivity index (χ0) is 21.3. The van der Waals surface area contributed by atoms with Crippen LogP contribution in [0.15, 0.2) is 60.7 Å². The summed E-state index contributed by atoms with van der Waals surface area (Å²) in [5, 5.41) is 9.31. The molecule has 2 aromatic carbocycles. The molecule has 1 aliphatic heterocycles. The molecule has 0 aromatic heterocycles. The third-order valence-corrected chi connectivity index (χ3v) is 5.82. The van der Waals surface area contributed by atoms with E-state index < -0.39 is 5.97 Å². The molecule has 2 atom stereocenters. The number of hydrogen-bond donors (Lipinski definition) is 1. The van der Waals surface area contributed by atoms with Crippen LogP contribution in [0.3, 0.4) is 0 Å². The largest absolute Gasteiger partial charge is 0.484 e. The van der Waals surface area contributed by atoms with E-state index >= 15 is 0 Å². The van der Waals surface area contributed by atoms with Gasteiger partial charge >= 0.3 is 5.97 Å². The summed E-state index contributed by atoms with van der Waals surface area (Å²) in [5.41, 5.74) is 1.13.